The van der Waals surface area contributed by atoms with Crippen molar-refractivity contribution in [1.29, 1.82) is 0 Å². The Morgan fingerprint density at radius 2 is 1.60 bits per heavy atom. The molecule has 6 rings (SSSR count). The first kappa shape index (κ1) is 31.6. The number of benzene rings is 1. The topological polar surface area (TPSA) is 161 Å². The van der Waals surface area contributed by atoms with Gasteiger partial charge in [0.2, 0.25) is 5.78 Å². The zero-order valence-electron chi connectivity index (χ0n) is 25.0. The van der Waals surface area contributed by atoms with Crippen LogP contribution in [-0.2, 0) is 28.7 Å². The number of ketones is 2. The molecule has 1 unspecified atom stereocenters. The van der Waals surface area contributed by atoms with Crippen molar-refractivity contribution in [3.63, 3.8) is 0 Å². The molecular formula is C33H39F3N2O7. The molecule has 6 N–H and O–H groups in total. The standard InChI is InChI=1S/C33H39F3N2O7/c34-33(35,36)27-19(15-38(14-17-7-8-17)13-16-5-3-1-2-4-6-16)11-22(39)25-21(27)10-18-9-20-12-23(40)26(31(37)44)30(43)32(20,45)29(42)24(18)28(25)41/h11,16-18,20,39-40,42,45H,1-10,12-15H2,(H2,37,44)/t18?,20-,32-/m0/s1. The number of halogens is 3. The molecule has 5 aliphatic rings. The smallest absolute Gasteiger partial charge is 0.417 e. The van der Waals surface area contributed by atoms with Gasteiger partial charge in [0.25, 0.3) is 5.91 Å². The molecule has 45 heavy (non-hydrogen) atoms. The summed E-state index contributed by atoms with van der Waals surface area (Å²) < 4.78 is 44.8. The number of nitrogens with two attached hydrogens (primary N) is 1. The third kappa shape index (κ3) is 5.54. The number of nitrogens with zero attached hydrogens (tertiary/aromatic N) is 1. The molecule has 0 spiro atoms. The molecule has 9 nitrogen and oxygen atoms in total. The van der Waals surface area contributed by atoms with Gasteiger partial charge in [-0.25, -0.2) is 0 Å². The SMILES string of the molecule is NC(=O)C1=C(O)C[C@@H]2CC3Cc4c(c(O)cc(CN(CC5CCCCCC5)CC5CC5)c4C(F)(F)F)C(=O)C3=C(O)[C@]2(O)C1=O. The van der Waals surface area contributed by atoms with Crippen LogP contribution in [0.2, 0.25) is 0 Å². The van der Waals surface area contributed by atoms with Gasteiger partial charge in [0.1, 0.15) is 22.8 Å². The first-order valence-electron chi connectivity index (χ1n) is 15.9. The Morgan fingerprint density at radius 3 is 2.18 bits per heavy atom. The average molecular weight is 633 g/mol. The highest BCUT2D eigenvalue weighted by molar-refractivity contribution is 6.24. The summed E-state index contributed by atoms with van der Waals surface area (Å²) in [5.74, 6) is -7.76. The predicted octanol–water partition coefficient (Wildman–Crippen LogP) is 4.78. The van der Waals surface area contributed by atoms with Crippen LogP contribution in [-0.4, -0.2) is 61.5 Å². The monoisotopic (exact) mass is 632 g/mol. The van der Waals surface area contributed by atoms with E-state index in [2.05, 4.69) is 4.90 Å². The van der Waals surface area contributed by atoms with Gasteiger partial charge in [-0.1, -0.05) is 25.7 Å². The van der Waals surface area contributed by atoms with Crippen molar-refractivity contribution < 1.29 is 48.0 Å². The number of aliphatic hydroxyl groups is 3. The minimum absolute atomic E-state index is 0.0407. The number of aliphatic hydroxyl groups excluding tert-OH is 2. The highest BCUT2D eigenvalue weighted by atomic mass is 19.4. The molecule has 12 heteroatoms. The molecule has 0 heterocycles. The van der Waals surface area contributed by atoms with E-state index in [0.29, 0.717) is 24.9 Å². The first-order valence-corrected chi connectivity index (χ1v) is 15.9. The van der Waals surface area contributed by atoms with Crippen molar-refractivity contribution in [1.82, 2.24) is 4.90 Å². The Balaban J connectivity index is 1.40. The van der Waals surface area contributed by atoms with Gasteiger partial charge in [-0.05, 0) is 73.5 Å². The second kappa shape index (κ2) is 11.5. The van der Waals surface area contributed by atoms with Crippen molar-refractivity contribution >= 4 is 17.5 Å². The lowest BCUT2D eigenvalue weighted by atomic mass is 9.60. The number of phenolic OH excluding ortho intramolecular Hbond substituents is 1. The van der Waals surface area contributed by atoms with Crippen LogP contribution in [0.15, 0.2) is 28.7 Å². The molecule has 0 bridgehead atoms. The van der Waals surface area contributed by atoms with Crippen LogP contribution in [0, 0.1) is 23.7 Å². The number of allylic oxidation sites excluding steroid dienone is 2. The average Bonchev–Trinajstić information content (AvgIpc) is 3.77. The van der Waals surface area contributed by atoms with E-state index in [1.54, 1.807) is 0 Å². The second-order valence-corrected chi connectivity index (χ2v) is 13.7. The molecule has 2 saturated carbocycles. The van der Waals surface area contributed by atoms with E-state index in [9.17, 15) is 48.0 Å². The molecule has 3 atom stereocenters. The molecule has 244 valence electrons. The quantitative estimate of drug-likeness (QED) is 0.212. The molecule has 2 fully saturated rings. The van der Waals surface area contributed by atoms with E-state index in [0.717, 1.165) is 57.4 Å². The number of hydrogen-bond acceptors (Lipinski definition) is 8. The van der Waals surface area contributed by atoms with E-state index in [-0.39, 0.29) is 24.1 Å². The fourth-order valence-electron chi connectivity index (χ4n) is 8.26. The number of carbonyl (C=O) groups is 3. The third-order valence-electron chi connectivity index (χ3n) is 10.5. The summed E-state index contributed by atoms with van der Waals surface area (Å²) in [6, 6.07) is 0.989. The van der Waals surface area contributed by atoms with Crippen LogP contribution in [0.4, 0.5) is 13.2 Å². The summed E-state index contributed by atoms with van der Waals surface area (Å²) in [7, 11) is 0. The summed E-state index contributed by atoms with van der Waals surface area (Å²) in [4.78, 5) is 40.9. The molecule has 1 amide bonds. The van der Waals surface area contributed by atoms with Gasteiger partial charge in [0.05, 0.1) is 11.1 Å². The maximum Gasteiger partial charge on any atom is 0.417 e. The normalized spacial score (nSPS) is 27.8. The predicted molar refractivity (Wildman–Crippen MR) is 155 cm³/mol. The van der Waals surface area contributed by atoms with E-state index < -0.39 is 93.5 Å². The zero-order valence-corrected chi connectivity index (χ0v) is 25.0. The van der Waals surface area contributed by atoms with Crippen molar-refractivity contribution in [2.45, 2.75) is 89.0 Å². The lowest BCUT2D eigenvalue weighted by Crippen LogP contribution is -2.57. The van der Waals surface area contributed by atoms with Gasteiger partial charge in [-0.3, -0.25) is 19.3 Å². The summed E-state index contributed by atoms with van der Waals surface area (Å²) in [5, 5.41) is 44.0. The van der Waals surface area contributed by atoms with Gasteiger partial charge in [-0.2, -0.15) is 13.2 Å². The number of phenols is 1. The molecule has 0 aliphatic heterocycles. The molecule has 0 radical (unpaired) electrons. The number of primary amides is 1. The number of rotatable bonds is 7. The second-order valence-electron chi connectivity index (χ2n) is 13.7. The summed E-state index contributed by atoms with van der Waals surface area (Å²) in [6.07, 6.45) is 2.68. The van der Waals surface area contributed by atoms with Gasteiger partial charge < -0.3 is 26.2 Å². The van der Waals surface area contributed by atoms with Gasteiger partial charge in [0, 0.05) is 37.5 Å². The number of fused-ring (bicyclic) bond motifs is 3. The minimum Gasteiger partial charge on any atom is -0.511 e. The van der Waals surface area contributed by atoms with Crippen LogP contribution in [0.1, 0.15) is 91.3 Å². The van der Waals surface area contributed by atoms with E-state index in [1.165, 1.54) is 0 Å². The zero-order chi connectivity index (χ0) is 32.4. The number of Topliss-reactive ketones (excluding diaryl/α,β-unsaturated/α-hetero) is 2. The lowest BCUT2D eigenvalue weighted by molar-refractivity contribution is -0.144. The number of carbonyl (C=O) groups excluding carboxylic acids is 3. The van der Waals surface area contributed by atoms with Crippen molar-refractivity contribution in [3.05, 3.63) is 51.0 Å². The maximum absolute atomic E-state index is 14.9. The van der Waals surface area contributed by atoms with Crippen molar-refractivity contribution in [2.75, 3.05) is 13.1 Å². The maximum atomic E-state index is 14.9. The first-order chi connectivity index (χ1) is 21.2. The van der Waals surface area contributed by atoms with E-state index in [4.69, 9.17) is 5.73 Å². The molecule has 1 aromatic rings. The summed E-state index contributed by atoms with van der Waals surface area (Å²) in [6.45, 7) is 1.28. The van der Waals surface area contributed by atoms with Gasteiger partial charge >= 0.3 is 6.18 Å². The number of alkyl halides is 3. The Labute approximate surface area is 258 Å². The number of hydrogen-bond donors (Lipinski definition) is 5. The van der Waals surface area contributed by atoms with Crippen LogP contribution in [0.25, 0.3) is 0 Å². The molecule has 0 aromatic heterocycles. The van der Waals surface area contributed by atoms with Gasteiger partial charge in [-0.15, -0.1) is 0 Å². The summed E-state index contributed by atoms with van der Waals surface area (Å²) in [5.41, 5.74) is -1.07. The summed E-state index contributed by atoms with van der Waals surface area (Å²) >= 11 is 0. The van der Waals surface area contributed by atoms with Crippen molar-refractivity contribution in [2.24, 2.45) is 29.4 Å². The Kier molecular flexibility index (Phi) is 8.04. The Hall–Kier alpha value is -3.38. The van der Waals surface area contributed by atoms with Crippen LogP contribution < -0.4 is 5.73 Å². The third-order valence-corrected chi connectivity index (χ3v) is 10.5. The Morgan fingerprint density at radius 1 is 0.978 bits per heavy atom. The molecule has 1 aromatic carbocycles. The highest BCUT2D eigenvalue weighted by Gasteiger charge is 2.60. The number of aromatic hydroxyl groups is 1. The van der Waals surface area contributed by atoms with Crippen LogP contribution in [0.3, 0.4) is 0 Å². The van der Waals surface area contributed by atoms with Crippen LogP contribution >= 0.6 is 0 Å². The van der Waals surface area contributed by atoms with Crippen LogP contribution in [0.5, 0.6) is 5.75 Å². The minimum atomic E-state index is -4.86. The fraction of sp³-hybridized carbons (Fsp3) is 0.606. The molecular weight excluding hydrogens is 593 g/mol. The molecule has 5 aliphatic carbocycles. The van der Waals surface area contributed by atoms with Crippen molar-refractivity contribution in [3.8, 4) is 5.75 Å². The van der Waals surface area contributed by atoms with E-state index >= 15 is 0 Å². The fourth-order valence-corrected chi connectivity index (χ4v) is 8.26. The Bertz CT molecular complexity index is 1500. The largest absolute Gasteiger partial charge is 0.511 e. The number of amides is 1. The van der Waals surface area contributed by atoms with Gasteiger partial charge in [0.15, 0.2) is 11.4 Å². The lowest BCUT2D eigenvalue weighted by Gasteiger charge is -2.45. The highest BCUT2D eigenvalue weighted by Crippen LogP contribution is 2.53. The van der Waals surface area contributed by atoms with E-state index in [1.807, 2.05) is 0 Å². The molecule has 0 saturated heterocycles.